The lowest BCUT2D eigenvalue weighted by molar-refractivity contribution is 0.112. The summed E-state index contributed by atoms with van der Waals surface area (Å²) in [6.07, 6.45) is 4.48. The van der Waals surface area contributed by atoms with Crippen molar-refractivity contribution in [1.29, 1.82) is 0 Å². The van der Waals surface area contributed by atoms with E-state index in [1.807, 2.05) is 6.08 Å². The minimum absolute atomic E-state index is 0.581. The molecule has 1 aliphatic heterocycles. The summed E-state index contributed by atoms with van der Waals surface area (Å²) in [6, 6.07) is 9.07. The highest BCUT2D eigenvalue weighted by Gasteiger charge is 2.24. The Balaban J connectivity index is 2.06. The molecule has 1 aliphatic rings. The van der Waals surface area contributed by atoms with E-state index in [1.165, 1.54) is 30.5 Å². The lowest BCUT2D eigenvalue weighted by atomic mass is 10.1. The van der Waals surface area contributed by atoms with E-state index in [0.29, 0.717) is 6.04 Å². The van der Waals surface area contributed by atoms with Crippen molar-refractivity contribution in [3.8, 4) is 0 Å². The molecule has 1 atom stereocenters. The fourth-order valence-electron chi connectivity index (χ4n) is 2.58. The molecule has 17 heavy (non-hydrogen) atoms. The molecule has 0 unspecified atom stereocenters. The molecule has 0 bridgehead atoms. The van der Waals surface area contributed by atoms with Gasteiger partial charge >= 0.3 is 0 Å². The molecule has 0 saturated carbocycles. The minimum Gasteiger partial charge on any atom is -0.383 e. The molecular formula is C15H21NO. The Morgan fingerprint density at radius 1 is 1.47 bits per heavy atom. The van der Waals surface area contributed by atoms with Gasteiger partial charge in [-0.25, -0.2) is 0 Å². The quantitative estimate of drug-likeness (QED) is 0.772. The Labute approximate surface area is 104 Å². The largest absolute Gasteiger partial charge is 0.383 e. The average Bonchev–Trinajstić information content (AvgIpc) is 2.78. The molecule has 0 amide bonds. The molecule has 2 heteroatoms. The zero-order valence-corrected chi connectivity index (χ0v) is 10.6. The lowest BCUT2D eigenvalue weighted by Gasteiger charge is -2.24. The number of hydrogen-bond donors (Lipinski definition) is 0. The van der Waals surface area contributed by atoms with Crippen LogP contribution < -0.4 is 0 Å². The highest BCUT2D eigenvalue weighted by molar-refractivity contribution is 5.51. The van der Waals surface area contributed by atoms with Crippen LogP contribution in [0.4, 0.5) is 0 Å². The van der Waals surface area contributed by atoms with Crippen LogP contribution in [0.1, 0.15) is 24.0 Å². The fourth-order valence-corrected chi connectivity index (χ4v) is 2.58. The summed E-state index contributed by atoms with van der Waals surface area (Å²) < 4.78 is 5.29. The maximum absolute atomic E-state index is 5.29. The third kappa shape index (κ3) is 2.96. The Kier molecular flexibility index (Phi) is 4.35. The summed E-state index contributed by atoms with van der Waals surface area (Å²) in [7, 11) is 1.79. The number of methoxy groups -OCH3 is 1. The van der Waals surface area contributed by atoms with Crippen molar-refractivity contribution in [2.75, 3.05) is 20.3 Å². The Hall–Kier alpha value is -1.12. The first-order valence-corrected chi connectivity index (χ1v) is 6.28. The topological polar surface area (TPSA) is 12.5 Å². The van der Waals surface area contributed by atoms with Crippen molar-refractivity contribution in [2.24, 2.45) is 0 Å². The predicted molar refractivity (Wildman–Crippen MR) is 71.8 cm³/mol. The summed E-state index contributed by atoms with van der Waals surface area (Å²) in [6.45, 7) is 6.91. The number of benzene rings is 1. The van der Waals surface area contributed by atoms with Gasteiger partial charge in [-0.2, -0.15) is 0 Å². The van der Waals surface area contributed by atoms with Gasteiger partial charge in [0.05, 0.1) is 6.61 Å². The van der Waals surface area contributed by atoms with Crippen LogP contribution in [0.5, 0.6) is 0 Å². The summed E-state index contributed by atoms with van der Waals surface area (Å²) in [5, 5.41) is 0. The molecule has 1 fully saturated rings. The molecule has 1 heterocycles. The third-order valence-electron chi connectivity index (χ3n) is 3.51. The van der Waals surface area contributed by atoms with Crippen LogP contribution in [-0.2, 0) is 11.3 Å². The van der Waals surface area contributed by atoms with Crippen LogP contribution in [0.25, 0.3) is 6.08 Å². The van der Waals surface area contributed by atoms with E-state index in [-0.39, 0.29) is 0 Å². The van der Waals surface area contributed by atoms with Gasteiger partial charge in [0.2, 0.25) is 0 Å². The van der Waals surface area contributed by atoms with Crippen molar-refractivity contribution in [1.82, 2.24) is 4.90 Å². The zero-order chi connectivity index (χ0) is 12.1. The molecule has 0 N–H and O–H groups in total. The highest BCUT2D eigenvalue weighted by atomic mass is 16.5. The van der Waals surface area contributed by atoms with Gasteiger partial charge in [0, 0.05) is 19.7 Å². The molecule has 0 spiro atoms. The van der Waals surface area contributed by atoms with Crippen LogP contribution in [-0.4, -0.2) is 31.2 Å². The Morgan fingerprint density at radius 3 is 3.06 bits per heavy atom. The second kappa shape index (κ2) is 5.99. The van der Waals surface area contributed by atoms with E-state index in [9.17, 15) is 0 Å². The molecule has 92 valence electrons. The second-order valence-electron chi connectivity index (χ2n) is 4.62. The molecule has 1 aromatic carbocycles. The number of likely N-dealkylation sites (tertiary alicyclic amines) is 1. The second-order valence-corrected chi connectivity index (χ2v) is 4.62. The summed E-state index contributed by atoms with van der Waals surface area (Å²) in [4.78, 5) is 2.52. The van der Waals surface area contributed by atoms with Gasteiger partial charge in [-0.15, -0.1) is 0 Å². The van der Waals surface area contributed by atoms with E-state index in [1.54, 1.807) is 7.11 Å². The van der Waals surface area contributed by atoms with E-state index in [4.69, 9.17) is 4.74 Å². The lowest BCUT2D eigenvalue weighted by Crippen LogP contribution is -2.32. The Bertz CT molecular complexity index is 375. The van der Waals surface area contributed by atoms with Gasteiger partial charge in [0.15, 0.2) is 0 Å². The van der Waals surface area contributed by atoms with Crippen LogP contribution in [0.15, 0.2) is 30.8 Å². The van der Waals surface area contributed by atoms with Crippen LogP contribution >= 0.6 is 0 Å². The third-order valence-corrected chi connectivity index (χ3v) is 3.51. The van der Waals surface area contributed by atoms with E-state index >= 15 is 0 Å². The van der Waals surface area contributed by atoms with Gasteiger partial charge in [0.25, 0.3) is 0 Å². The molecule has 0 aliphatic carbocycles. The molecule has 0 radical (unpaired) electrons. The zero-order valence-electron chi connectivity index (χ0n) is 10.6. The minimum atomic E-state index is 0.581. The van der Waals surface area contributed by atoms with Gasteiger partial charge in [0.1, 0.15) is 0 Å². The van der Waals surface area contributed by atoms with Gasteiger partial charge in [-0.3, -0.25) is 4.90 Å². The van der Waals surface area contributed by atoms with Crippen LogP contribution in [0.3, 0.4) is 0 Å². The van der Waals surface area contributed by atoms with Crippen LogP contribution in [0.2, 0.25) is 0 Å². The summed E-state index contributed by atoms with van der Waals surface area (Å²) in [5.74, 6) is 0. The van der Waals surface area contributed by atoms with Crippen molar-refractivity contribution in [2.45, 2.75) is 25.4 Å². The first-order valence-electron chi connectivity index (χ1n) is 6.28. The van der Waals surface area contributed by atoms with Crippen molar-refractivity contribution >= 4 is 6.08 Å². The monoisotopic (exact) mass is 231 g/mol. The van der Waals surface area contributed by atoms with Crippen molar-refractivity contribution < 1.29 is 4.74 Å². The maximum atomic E-state index is 5.29. The number of rotatable bonds is 5. The molecule has 1 saturated heterocycles. The van der Waals surface area contributed by atoms with Crippen LogP contribution in [0, 0.1) is 0 Å². The van der Waals surface area contributed by atoms with E-state index < -0.39 is 0 Å². The average molecular weight is 231 g/mol. The Morgan fingerprint density at radius 2 is 2.29 bits per heavy atom. The summed E-state index contributed by atoms with van der Waals surface area (Å²) in [5.41, 5.74) is 2.61. The van der Waals surface area contributed by atoms with Gasteiger partial charge < -0.3 is 4.74 Å². The first kappa shape index (κ1) is 12.3. The normalized spacial score (nSPS) is 20.6. The SMILES string of the molecule is C=Cc1ccccc1CN1CCC[C@H]1COC. The smallest absolute Gasteiger partial charge is 0.0618 e. The molecule has 2 rings (SSSR count). The van der Waals surface area contributed by atoms with E-state index in [0.717, 1.165) is 13.2 Å². The molecule has 1 aromatic rings. The molecule has 2 nitrogen and oxygen atoms in total. The fraction of sp³-hybridized carbons (Fsp3) is 0.467. The molecular weight excluding hydrogens is 210 g/mol. The first-order chi connectivity index (χ1) is 8.35. The summed E-state index contributed by atoms with van der Waals surface area (Å²) >= 11 is 0. The van der Waals surface area contributed by atoms with E-state index in [2.05, 4.69) is 35.7 Å². The van der Waals surface area contributed by atoms with Gasteiger partial charge in [-0.05, 0) is 30.5 Å². The number of nitrogens with zero attached hydrogens (tertiary/aromatic N) is 1. The van der Waals surface area contributed by atoms with Gasteiger partial charge in [-0.1, -0.05) is 36.9 Å². The highest BCUT2D eigenvalue weighted by Crippen LogP contribution is 2.22. The maximum Gasteiger partial charge on any atom is 0.0618 e. The van der Waals surface area contributed by atoms with Crippen molar-refractivity contribution in [3.05, 3.63) is 42.0 Å². The number of hydrogen-bond acceptors (Lipinski definition) is 2. The standard InChI is InChI=1S/C15H21NO/c1-3-13-7-4-5-8-14(13)11-16-10-6-9-15(16)12-17-2/h3-5,7-8,15H,1,6,9-12H2,2H3/t15-/m0/s1. The predicted octanol–water partition coefficient (Wildman–Crippen LogP) is 2.94. The number of ether oxygens (including phenoxy) is 1. The van der Waals surface area contributed by atoms with Crippen molar-refractivity contribution in [3.63, 3.8) is 0 Å². The molecule has 0 aromatic heterocycles.